The highest BCUT2D eigenvalue weighted by Gasteiger charge is 2.14. The van der Waals surface area contributed by atoms with Crippen LogP contribution in [0.2, 0.25) is 10.0 Å². The van der Waals surface area contributed by atoms with E-state index in [1.807, 2.05) is 24.3 Å². The Kier molecular flexibility index (Phi) is 5.90. The molecule has 3 aromatic rings. The molecule has 29 heavy (non-hydrogen) atoms. The Morgan fingerprint density at radius 2 is 1.79 bits per heavy atom. The number of aromatic amines is 1. The molecular formula is C22H21Cl2N3O2. The van der Waals surface area contributed by atoms with Gasteiger partial charge in [0, 0.05) is 31.2 Å². The fraction of sp³-hybridized carbons (Fsp3) is 0.273. The smallest absolute Gasteiger partial charge is 0.307 e. The largest absolute Gasteiger partial charge is 0.328 e. The van der Waals surface area contributed by atoms with E-state index in [4.69, 9.17) is 23.2 Å². The van der Waals surface area contributed by atoms with E-state index >= 15 is 0 Å². The molecule has 1 aromatic heterocycles. The normalized spacial score (nSPS) is 14.9. The fourth-order valence-corrected chi connectivity index (χ4v) is 4.13. The van der Waals surface area contributed by atoms with Crippen molar-refractivity contribution in [3.8, 4) is 0 Å². The maximum atomic E-state index is 12.7. The predicted octanol–water partition coefficient (Wildman–Crippen LogP) is 4.18. The van der Waals surface area contributed by atoms with Crippen LogP contribution in [-0.4, -0.2) is 34.1 Å². The lowest BCUT2D eigenvalue weighted by Gasteiger charge is -2.26. The molecule has 1 aliphatic rings. The molecule has 150 valence electrons. The van der Waals surface area contributed by atoms with Crippen LogP contribution in [0, 0.1) is 0 Å². The third-order valence-electron chi connectivity index (χ3n) is 5.32. The molecule has 2 heterocycles. The summed E-state index contributed by atoms with van der Waals surface area (Å²) in [5.74, 6) is 0. The molecule has 5 nitrogen and oxygen atoms in total. The van der Waals surface area contributed by atoms with E-state index in [1.54, 1.807) is 18.2 Å². The number of H-pyrrole nitrogens is 1. The molecule has 0 unspecified atom stereocenters. The molecule has 0 saturated carbocycles. The quantitative estimate of drug-likeness (QED) is 0.661. The first-order chi connectivity index (χ1) is 14.0. The van der Waals surface area contributed by atoms with E-state index in [2.05, 4.69) is 16.0 Å². The molecule has 0 bridgehead atoms. The number of rotatable bonds is 5. The van der Waals surface area contributed by atoms with Crippen LogP contribution < -0.4 is 11.2 Å². The predicted molar refractivity (Wildman–Crippen MR) is 119 cm³/mol. The zero-order valence-corrected chi connectivity index (χ0v) is 17.3. The highest BCUT2D eigenvalue weighted by Crippen LogP contribution is 2.23. The molecule has 0 aliphatic carbocycles. The summed E-state index contributed by atoms with van der Waals surface area (Å²) in [6, 6.07) is 13.0. The Morgan fingerprint density at radius 1 is 1.00 bits per heavy atom. The van der Waals surface area contributed by atoms with Gasteiger partial charge in [0.25, 0.3) is 5.56 Å². The molecule has 0 saturated heterocycles. The maximum Gasteiger partial charge on any atom is 0.328 e. The second-order valence-electron chi connectivity index (χ2n) is 7.19. The minimum absolute atomic E-state index is 0.335. The fourth-order valence-electron chi connectivity index (χ4n) is 3.75. The third kappa shape index (κ3) is 4.32. The van der Waals surface area contributed by atoms with Gasteiger partial charge in [-0.05, 0) is 48.2 Å². The Balaban J connectivity index is 1.40. The Hall–Kier alpha value is -2.34. The van der Waals surface area contributed by atoms with Gasteiger partial charge in [-0.25, -0.2) is 4.79 Å². The highest BCUT2D eigenvalue weighted by atomic mass is 35.5. The van der Waals surface area contributed by atoms with Crippen molar-refractivity contribution in [1.82, 2.24) is 14.5 Å². The molecule has 0 atom stereocenters. The third-order valence-corrected chi connectivity index (χ3v) is 5.89. The number of fused-ring (bicyclic) bond motifs is 1. The van der Waals surface area contributed by atoms with Crippen molar-refractivity contribution in [2.45, 2.75) is 19.4 Å². The molecule has 2 aromatic carbocycles. The molecule has 1 aliphatic heterocycles. The molecule has 4 rings (SSSR count). The van der Waals surface area contributed by atoms with Gasteiger partial charge in [0.05, 0.1) is 15.9 Å². The van der Waals surface area contributed by atoms with Crippen LogP contribution in [-0.2, 0) is 6.54 Å². The van der Waals surface area contributed by atoms with Crippen LogP contribution >= 0.6 is 23.2 Å². The first kappa shape index (κ1) is 20.0. The first-order valence-corrected chi connectivity index (χ1v) is 10.4. The summed E-state index contributed by atoms with van der Waals surface area (Å²) in [5, 5.41) is 1.46. The topological polar surface area (TPSA) is 58.1 Å². The van der Waals surface area contributed by atoms with Crippen molar-refractivity contribution in [3.63, 3.8) is 0 Å². The average molecular weight is 430 g/mol. The molecule has 0 radical (unpaired) electrons. The number of aromatic nitrogens is 2. The van der Waals surface area contributed by atoms with Crippen molar-refractivity contribution in [2.24, 2.45) is 0 Å². The number of halogens is 2. The van der Waals surface area contributed by atoms with Gasteiger partial charge in [-0.3, -0.25) is 14.3 Å². The minimum atomic E-state index is -0.395. The second-order valence-corrected chi connectivity index (χ2v) is 8.03. The van der Waals surface area contributed by atoms with E-state index in [0.29, 0.717) is 28.9 Å². The Morgan fingerprint density at radius 3 is 2.52 bits per heavy atom. The molecule has 7 heteroatoms. The SMILES string of the molecule is O=c1[nH]c2cccc(Cl)c2c(=O)n1CCCN1CC=C(c2ccc(Cl)cc2)CC1. The van der Waals surface area contributed by atoms with Crippen molar-refractivity contribution in [2.75, 3.05) is 19.6 Å². The Labute approximate surface area is 178 Å². The summed E-state index contributed by atoms with van der Waals surface area (Å²) in [5.41, 5.74) is 2.28. The van der Waals surface area contributed by atoms with E-state index in [1.165, 1.54) is 15.7 Å². The Bertz CT molecular complexity index is 1180. The summed E-state index contributed by atoms with van der Waals surface area (Å²) in [7, 11) is 0. The summed E-state index contributed by atoms with van der Waals surface area (Å²) in [6.45, 7) is 2.98. The van der Waals surface area contributed by atoms with Gasteiger partial charge < -0.3 is 4.98 Å². The van der Waals surface area contributed by atoms with Gasteiger partial charge in [0.15, 0.2) is 0 Å². The van der Waals surface area contributed by atoms with Crippen molar-refractivity contribution in [3.05, 3.63) is 85.0 Å². The average Bonchev–Trinajstić information content (AvgIpc) is 2.71. The monoisotopic (exact) mass is 429 g/mol. The summed E-state index contributed by atoms with van der Waals surface area (Å²) in [4.78, 5) is 30.1. The highest BCUT2D eigenvalue weighted by molar-refractivity contribution is 6.35. The lowest BCUT2D eigenvalue weighted by Crippen LogP contribution is -2.37. The lowest BCUT2D eigenvalue weighted by molar-refractivity contribution is 0.290. The van der Waals surface area contributed by atoms with Gasteiger partial charge in [-0.15, -0.1) is 0 Å². The first-order valence-electron chi connectivity index (χ1n) is 9.61. The summed E-state index contributed by atoms with van der Waals surface area (Å²) < 4.78 is 1.24. The van der Waals surface area contributed by atoms with E-state index in [0.717, 1.165) is 31.1 Å². The van der Waals surface area contributed by atoms with Gasteiger partial charge in [-0.2, -0.15) is 0 Å². The van der Waals surface area contributed by atoms with E-state index < -0.39 is 5.69 Å². The van der Waals surface area contributed by atoms with Crippen molar-refractivity contribution < 1.29 is 0 Å². The number of hydrogen-bond donors (Lipinski definition) is 1. The van der Waals surface area contributed by atoms with Gasteiger partial charge in [0.1, 0.15) is 0 Å². The van der Waals surface area contributed by atoms with E-state index in [9.17, 15) is 9.59 Å². The lowest BCUT2D eigenvalue weighted by atomic mass is 9.99. The molecule has 0 spiro atoms. The van der Waals surface area contributed by atoms with Gasteiger partial charge >= 0.3 is 5.69 Å². The summed E-state index contributed by atoms with van der Waals surface area (Å²) in [6.07, 6.45) is 3.92. The molecule has 0 amide bonds. The molecule has 1 N–H and O–H groups in total. The van der Waals surface area contributed by atoms with Gasteiger partial charge in [0.2, 0.25) is 0 Å². The van der Waals surface area contributed by atoms with Crippen LogP contribution in [0.1, 0.15) is 18.4 Å². The number of nitrogens with zero attached hydrogens (tertiary/aromatic N) is 2. The van der Waals surface area contributed by atoms with Crippen LogP contribution in [0.4, 0.5) is 0 Å². The maximum absolute atomic E-state index is 12.7. The standard InChI is InChI=1S/C22H21Cl2N3O2/c23-17-7-5-15(6-8-17)16-9-13-26(14-10-16)11-2-12-27-21(28)20-18(24)3-1-4-19(20)25-22(27)29/h1,3-9H,2,10-14H2,(H,25,29). The van der Waals surface area contributed by atoms with Crippen LogP contribution in [0.5, 0.6) is 0 Å². The molecule has 0 fully saturated rings. The number of benzene rings is 2. The van der Waals surface area contributed by atoms with Crippen molar-refractivity contribution >= 4 is 39.7 Å². The number of hydrogen-bond acceptors (Lipinski definition) is 3. The van der Waals surface area contributed by atoms with Crippen LogP contribution in [0.3, 0.4) is 0 Å². The zero-order chi connectivity index (χ0) is 20.4. The second kappa shape index (κ2) is 8.57. The van der Waals surface area contributed by atoms with E-state index in [-0.39, 0.29) is 5.56 Å². The van der Waals surface area contributed by atoms with Crippen LogP contribution in [0.25, 0.3) is 16.5 Å². The number of nitrogens with one attached hydrogen (secondary N) is 1. The van der Waals surface area contributed by atoms with Crippen LogP contribution in [0.15, 0.2) is 58.1 Å². The molecular weight excluding hydrogens is 409 g/mol. The van der Waals surface area contributed by atoms with Gasteiger partial charge in [-0.1, -0.05) is 47.5 Å². The zero-order valence-electron chi connectivity index (χ0n) is 15.8. The van der Waals surface area contributed by atoms with Crippen molar-refractivity contribution in [1.29, 1.82) is 0 Å². The minimum Gasteiger partial charge on any atom is -0.307 e. The summed E-state index contributed by atoms with van der Waals surface area (Å²) >= 11 is 12.1.